The summed E-state index contributed by atoms with van der Waals surface area (Å²) in [6.45, 7) is 4.33. The van der Waals surface area contributed by atoms with E-state index in [1.807, 2.05) is 73.1 Å². The second kappa shape index (κ2) is 6.92. The van der Waals surface area contributed by atoms with Crippen LogP contribution in [0.5, 0.6) is 0 Å². The van der Waals surface area contributed by atoms with Crippen LogP contribution >= 0.6 is 0 Å². The van der Waals surface area contributed by atoms with Gasteiger partial charge in [0.05, 0.1) is 5.52 Å². The summed E-state index contributed by atoms with van der Waals surface area (Å²) in [4.78, 5) is 16.1. The van der Waals surface area contributed by atoms with Crippen LogP contribution in [0.15, 0.2) is 79.1 Å². The Balaban J connectivity index is 1.98. The van der Waals surface area contributed by atoms with E-state index in [1.165, 1.54) is 0 Å². The molecule has 0 bridgehead atoms. The molecule has 2 aromatic heterocycles. The number of pyridine rings is 1. The Morgan fingerprint density at radius 2 is 1.46 bits per heavy atom. The fraction of sp³-hybridized carbons (Fsp3) is 0.136. The summed E-state index contributed by atoms with van der Waals surface area (Å²) in [5, 5.41) is 1.04. The van der Waals surface area contributed by atoms with Gasteiger partial charge >= 0.3 is 0 Å². The average Bonchev–Trinajstić information content (AvgIpc) is 2.69. The Labute approximate surface area is 153 Å². The lowest BCUT2D eigenvalue weighted by atomic mass is 10.1. The minimum atomic E-state index is 0.235. The zero-order valence-electron chi connectivity index (χ0n) is 14.9. The summed E-state index contributed by atoms with van der Waals surface area (Å²) < 4.78 is 0. The van der Waals surface area contributed by atoms with Crippen LogP contribution in [0.25, 0.3) is 22.3 Å². The van der Waals surface area contributed by atoms with Crippen LogP contribution in [0.4, 0.5) is 11.5 Å². The van der Waals surface area contributed by atoms with Gasteiger partial charge in [0.15, 0.2) is 5.82 Å². The number of hydrogen-bond acceptors (Lipinski definition) is 4. The van der Waals surface area contributed by atoms with Gasteiger partial charge in [-0.1, -0.05) is 42.5 Å². The molecule has 0 radical (unpaired) electrons. The highest BCUT2D eigenvalue weighted by Crippen LogP contribution is 2.33. The predicted octanol–water partition coefficient (Wildman–Crippen LogP) is 5.24. The molecule has 4 heteroatoms. The van der Waals surface area contributed by atoms with Crippen LogP contribution < -0.4 is 4.90 Å². The molecule has 0 unspecified atom stereocenters. The first-order valence-corrected chi connectivity index (χ1v) is 8.75. The topological polar surface area (TPSA) is 41.9 Å². The van der Waals surface area contributed by atoms with Crippen molar-refractivity contribution >= 4 is 22.4 Å². The molecule has 0 aliphatic carbocycles. The van der Waals surface area contributed by atoms with E-state index in [0.717, 1.165) is 33.8 Å². The van der Waals surface area contributed by atoms with Gasteiger partial charge < -0.3 is 4.90 Å². The van der Waals surface area contributed by atoms with Gasteiger partial charge in [0, 0.05) is 35.1 Å². The molecular weight excluding hydrogens is 320 g/mol. The third-order valence-electron chi connectivity index (χ3n) is 4.30. The van der Waals surface area contributed by atoms with Crippen molar-refractivity contribution in [1.29, 1.82) is 0 Å². The highest BCUT2D eigenvalue weighted by molar-refractivity contribution is 5.93. The largest absolute Gasteiger partial charge is 0.323 e. The zero-order chi connectivity index (χ0) is 17.9. The van der Waals surface area contributed by atoms with Crippen molar-refractivity contribution in [3.8, 4) is 11.4 Å². The maximum atomic E-state index is 4.96. The highest BCUT2D eigenvalue weighted by atomic mass is 15.2. The molecule has 0 N–H and O–H groups in total. The summed E-state index contributed by atoms with van der Waals surface area (Å²) in [7, 11) is 0. The Hall–Kier alpha value is -3.27. The molecule has 2 heterocycles. The van der Waals surface area contributed by atoms with Crippen molar-refractivity contribution in [1.82, 2.24) is 15.0 Å². The number of rotatable bonds is 4. The minimum absolute atomic E-state index is 0.235. The molecule has 4 nitrogen and oxygen atoms in total. The van der Waals surface area contributed by atoms with E-state index < -0.39 is 0 Å². The van der Waals surface area contributed by atoms with Gasteiger partial charge in [-0.15, -0.1) is 0 Å². The van der Waals surface area contributed by atoms with Gasteiger partial charge in [0.1, 0.15) is 5.82 Å². The number of benzene rings is 2. The molecule has 0 spiro atoms. The normalized spacial score (nSPS) is 11.0. The molecule has 0 fully saturated rings. The van der Waals surface area contributed by atoms with Gasteiger partial charge in [-0.3, -0.25) is 4.98 Å². The van der Waals surface area contributed by atoms with Crippen molar-refractivity contribution in [3.05, 3.63) is 79.1 Å². The van der Waals surface area contributed by atoms with Gasteiger partial charge in [0.2, 0.25) is 0 Å². The fourth-order valence-corrected chi connectivity index (χ4v) is 3.13. The highest BCUT2D eigenvalue weighted by Gasteiger charge is 2.19. The fourth-order valence-electron chi connectivity index (χ4n) is 3.13. The molecule has 0 aliphatic rings. The first-order chi connectivity index (χ1) is 12.7. The Kier molecular flexibility index (Phi) is 4.32. The monoisotopic (exact) mass is 340 g/mol. The maximum absolute atomic E-state index is 4.96. The molecule has 128 valence electrons. The molecule has 0 aliphatic heterocycles. The molecular formula is C22H20N4. The molecule has 4 rings (SSSR count). The van der Waals surface area contributed by atoms with Crippen molar-refractivity contribution in [2.75, 3.05) is 4.90 Å². The second-order valence-electron chi connectivity index (χ2n) is 6.42. The molecule has 2 aromatic carbocycles. The summed E-state index contributed by atoms with van der Waals surface area (Å²) in [5.74, 6) is 1.65. The van der Waals surface area contributed by atoms with E-state index in [-0.39, 0.29) is 6.04 Å². The maximum Gasteiger partial charge on any atom is 0.162 e. The number of anilines is 2. The van der Waals surface area contributed by atoms with Gasteiger partial charge in [0.25, 0.3) is 0 Å². The number of para-hydroxylation sites is 1. The minimum Gasteiger partial charge on any atom is -0.323 e. The van der Waals surface area contributed by atoms with Crippen molar-refractivity contribution in [2.24, 2.45) is 0 Å². The van der Waals surface area contributed by atoms with Crippen LogP contribution in [0.1, 0.15) is 13.8 Å². The molecule has 0 saturated carbocycles. The first kappa shape index (κ1) is 16.2. The summed E-state index contributed by atoms with van der Waals surface area (Å²) in [6, 6.07) is 22.5. The smallest absolute Gasteiger partial charge is 0.162 e. The van der Waals surface area contributed by atoms with E-state index in [9.17, 15) is 0 Å². The van der Waals surface area contributed by atoms with Crippen molar-refractivity contribution in [2.45, 2.75) is 19.9 Å². The third-order valence-corrected chi connectivity index (χ3v) is 4.30. The predicted molar refractivity (Wildman–Crippen MR) is 106 cm³/mol. The van der Waals surface area contributed by atoms with Gasteiger partial charge in [-0.2, -0.15) is 0 Å². The van der Waals surface area contributed by atoms with Crippen LogP contribution in [0, 0.1) is 0 Å². The van der Waals surface area contributed by atoms with E-state index in [4.69, 9.17) is 9.97 Å². The van der Waals surface area contributed by atoms with Gasteiger partial charge in [-0.25, -0.2) is 9.97 Å². The number of hydrogen-bond donors (Lipinski definition) is 0. The van der Waals surface area contributed by atoms with Gasteiger partial charge in [-0.05, 0) is 38.1 Å². The number of nitrogens with zero attached hydrogens (tertiary/aromatic N) is 4. The van der Waals surface area contributed by atoms with Crippen LogP contribution in [0.3, 0.4) is 0 Å². The summed E-state index contributed by atoms with van der Waals surface area (Å²) >= 11 is 0. The molecule has 0 saturated heterocycles. The van der Waals surface area contributed by atoms with E-state index >= 15 is 0 Å². The quantitative estimate of drug-likeness (QED) is 0.509. The van der Waals surface area contributed by atoms with E-state index in [0.29, 0.717) is 0 Å². The molecule has 26 heavy (non-hydrogen) atoms. The molecule has 0 atom stereocenters. The Morgan fingerprint density at radius 3 is 2.19 bits per heavy atom. The van der Waals surface area contributed by atoms with Crippen molar-refractivity contribution < 1.29 is 0 Å². The lowest BCUT2D eigenvalue weighted by Crippen LogP contribution is -2.27. The lowest BCUT2D eigenvalue weighted by Gasteiger charge is -2.29. The van der Waals surface area contributed by atoms with Crippen LogP contribution in [0.2, 0.25) is 0 Å². The number of fused-ring (bicyclic) bond motifs is 1. The Morgan fingerprint density at radius 1 is 0.769 bits per heavy atom. The second-order valence-corrected chi connectivity index (χ2v) is 6.42. The number of aromatic nitrogens is 3. The zero-order valence-corrected chi connectivity index (χ0v) is 14.9. The van der Waals surface area contributed by atoms with E-state index in [2.05, 4.69) is 29.8 Å². The van der Waals surface area contributed by atoms with Crippen LogP contribution in [-0.4, -0.2) is 21.0 Å². The summed E-state index contributed by atoms with van der Waals surface area (Å²) in [5.41, 5.74) is 3.02. The lowest BCUT2D eigenvalue weighted by molar-refractivity contribution is 0.779. The van der Waals surface area contributed by atoms with Crippen LogP contribution in [-0.2, 0) is 0 Å². The first-order valence-electron chi connectivity index (χ1n) is 8.75. The summed E-state index contributed by atoms with van der Waals surface area (Å²) in [6.07, 6.45) is 3.62. The van der Waals surface area contributed by atoms with E-state index in [1.54, 1.807) is 0 Å². The van der Waals surface area contributed by atoms with Crippen molar-refractivity contribution in [3.63, 3.8) is 0 Å². The SMILES string of the molecule is CC(C)N(c1ccncc1)c1nc(-c2ccccc2)nc2ccccc12. The average molecular weight is 340 g/mol. The third kappa shape index (κ3) is 3.02. The molecule has 4 aromatic rings. The standard InChI is InChI=1S/C22H20N4/c1-16(2)26(18-12-14-23-15-13-18)22-19-10-6-7-11-20(19)24-21(25-22)17-8-4-3-5-9-17/h3-16H,1-2H3. The molecule has 0 amide bonds. The Bertz CT molecular complexity index is 1010.